The van der Waals surface area contributed by atoms with Crippen LogP contribution in [-0.4, -0.2) is 26.5 Å². The quantitative estimate of drug-likeness (QED) is 0.291. The summed E-state index contributed by atoms with van der Waals surface area (Å²) in [5.74, 6) is -0.999. The van der Waals surface area contributed by atoms with Gasteiger partial charge in [0.25, 0.3) is 0 Å². The Morgan fingerprint density at radius 3 is 2.19 bits per heavy atom. The summed E-state index contributed by atoms with van der Waals surface area (Å²) in [6, 6.07) is 32.7. The van der Waals surface area contributed by atoms with Crippen molar-refractivity contribution in [1.82, 2.24) is 9.55 Å². The number of amides is 1. The summed E-state index contributed by atoms with van der Waals surface area (Å²) in [5, 5.41) is 12.4. The van der Waals surface area contributed by atoms with Crippen molar-refractivity contribution in [3.8, 4) is 11.1 Å². The van der Waals surface area contributed by atoms with Gasteiger partial charge >= 0.3 is 5.97 Å². The molecular weight excluding hydrogens is 450 g/mol. The minimum absolute atomic E-state index is 0.0585. The number of nitrogens with one attached hydrogen (secondary N) is 1. The molecule has 0 aliphatic rings. The molecule has 1 amide bonds. The number of nitrogens with zero attached hydrogens (tertiary/aromatic N) is 2. The predicted molar refractivity (Wildman–Crippen MR) is 141 cm³/mol. The average molecular weight is 476 g/mol. The Hall–Kier alpha value is -4.71. The molecule has 5 aromatic rings. The zero-order valence-corrected chi connectivity index (χ0v) is 19.5. The highest BCUT2D eigenvalue weighted by atomic mass is 16.4. The van der Waals surface area contributed by atoms with Crippen molar-refractivity contribution in [2.24, 2.45) is 0 Å². The number of fused-ring (bicyclic) bond motifs is 1. The van der Waals surface area contributed by atoms with E-state index in [4.69, 9.17) is 0 Å². The monoisotopic (exact) mass is 475 g/mol. The first-order valence-electron chi connectivity index (χ1n) is 11.7. The number of imidazole rings is 1. The lowest BCUT2D eigenvalue weighted by atomic mass is 10.0. The molecule has 5 rings (SSSR count). The summed E-state index contributed by atoms with van der Waals surface area (Å²) >= 11 is 0. The smallest absolute Gasteiger partial charge is 0.305 e. The topological polar surface area (TPSA) is 84.2 Å². The summed E-state index contributed by atoms with van der Waals surface area (Å²) in [7, 11) is 0. The van der Waals surface area contributed by atoms with Crippen molar-refractivity contribution in [3.05, 3.63) is 121 Å². The van der Waals surface area contributed by atoms with E-state index in [0.29, 0.717) is 11.2 Å². The molecule has 6 heteroatoms. The van der Waals surface area contributed by atoms with Crippen LogP contribution < -0.4 is 5.32 Å². The van der Waals surface area contributed by atoms with E-state index in [1.54, 1.807) is 6.33 Å². The third-order valence-corrected chi connectivity index (χ3v) is 6.17. The maximum Gasteiger partial charge on any atom is 0.305 e. The molecule has 0 spiro atoms. The lowest BCUT2D eigenvalue weighted by Gasteiger charge is -2.18. The Bertz CT molecular complexity index is 1490. The Morgan fingerprint density at radius 2 is 1.50 bits per heavy atom. The molecule has 2 N–H and O–H groups in total. The standard InChI is InChI=1S/C30H25N3O3/c34-29(17-21-11-13-23(14-12-21)22-7-3-1-4-8-22)32-25-15-16-27-26(18-25)31-20-33(27)28(19-30(35)36)24-9-5-2-6-10-24/h1-16,18,20,28H,17,19H2,(H,32,34)(H,35,36). The summed E-state index contributed by atoms with van der Waals surface area (Å²) in [5.41, 5.74) is 6.21. The number of aliphatic carboxylic acids is 1. The van der Waals surface area contributed by atoms with Crippen LogP contribution in [0.5, 0.6) is 0 Å². The van der Waals surface area contributed by atoms with Gasteiger partial charge in [-0.15, -0.1) is 0 Å². The molecule has 6 nitrogen and oxygen atoms in total. The number of aromatic nitrogens is 2. The summed E-state index contributed by atoms with van der Waals surface area (Å²) in [6.07, 6.45) is 1.86. The number of rotatable bonds is 8. The molecule has 1 aromatic heterocycles. The van der Waals surface area contributed by atoms with Crippen LogP contribution >= 0.6 is 0 Å². The Labute approximate surface area is 208 Å². The van der Waals surface area contributed by atoms with Gasteiger partial charge in [-0.3, -0.25) is 9.59 Å². The van der Waals surface area contributed by atoms with E-state index in [0.717, 1.165) is 27.8 Å². The van der Waals surface area contributed by atoms with Crippen LogP contribution in [-0.2, 0) is 16.0 Å². The van der Waals surface area contributed by atoms with Gasteiger partial charge in [0.1, 0.15) is 0 Å². The summed E-state index contributed by atoms with van der Waals surface area (Å²) in [6.45, 7) is 0. The fraction of sp³-hybridized carbons (Fsp3) is 0.100. The van der Waals surface area contributed by atoms with E-state index >= 15 is 0 Å². The van der Waals surface area contributed by atoms with E-state index in [1.165, 1.54) is 0 Å². The number of hydrogen-bond acceptors (Lipinski definition) is 3. The van der Waals surface area contributed by atoms with Gasteiger partial charge in [0, 0.05) is 5.69 Å². The Kier molecular flexibility index (Phi) is 6.58. The van der Waals surface area contributed by atoms with Crippen molar-refractivity contribution < 1.29 is 14.7 Å². The molecule has 0 aliphatic heterocycles. The molecule has 1 unspecified atom stereocenters. The summed E-state index contributed by atoms with van der Waals surface area (Å²) < 4.78 is 1.87. The SMILES string of the molecule is O=C(O)CC(c1ccccc1)n1cnc2cc(NC(=O)Cc3ccc(-c4ccccc4)cc3)ccc21. The van der Waals surface area contributed by atoms with Crippen LogP contribution in [0.2, 0.25) is 0 Å². The lowest BCUT2D eigenvalue weighted by molar-refractivity contribution is -0.137. The fourth-order valence-corrected chi connectivity index (χ4v) is 4.41. The highest BCUT2D eigenvalue weighted by Crippen LogP contribution is 2.28. The number of carboxylic acid groups (broad SMARTS) is 1. The van der Waals surface area contributed by atoms with Gasteiger partial charge < -0.3 is 15.0 Å². The van der Waals surface area contributed by atoms with Crippen LogP contribution in [0.15, 0.2) is 109 Å². The number of carbonyl (C=O) groups is 2. The van der Waals surface area contributed by atoms with Gasteiger partial charge in [0.2, 0.25) is 5.91 Å². The molecule has 178 valence electrons. The Balaban J connectivity index is 1.30. The number of carbonyl (C=O) groups excluding carboxylic acids is 1. The first kappa shape index (κ1) is 23.1. The minimum atomic E-state index is -0.883. The maximum absolute atomic E-state index is 12.7. The minimum Gasteiger partial charge on any atom is -0.481 e. The first-order valence-corrected chi connectivity index (χ1v) is 11.7. The molecule has 36 heavy (non-hydrogen) atoms. The second-order valence-electron chi connectivity index (χ2n) is 8.67. The molecule has 1 heterocycles. The van der Waals surface area contributed by atoms with Gasteiger partial charge in [-0.1, -0.05) is 84.9 Å². The third kappa shape index (κ3) is 5.18. The maximum atomic E-state index is 12.7. The second kappa shape index (κ2) is 10.3. The van der Waals surface area contributed by atoms with Crippen molar-refractivity contribution in [2.75, 3.05) is 5.32 Å². The van der Waals surface area contributed by atoms with Crippen molar-refractivity contribution in [1.29, 1.82) is 0 Å². The van der Waals surface area contributed by atoms with Gasteiger partial charge in [-0.25, -0.2) is 4.98 Å². The second-order valence-corrected chi connectivity index (χ2v) is 8.67. The highest BCUT2D eigenvalue weighted by Gasteiger charge is 2.20. The van der Waals surface area contributed by atoms with Crippen molar-refractivity contribution >= 4 is 28.6 Å². The largest absolute Gasteiger partial charge is 0.481 e. The average Bonchev–Trinajstić information content (AvgIpc) is 3.31. The van der Waals surface area contributed by atoms with Gasteiger partial charge in [-0.05, 0) is 40.5 Å². The van der Waals surface area contributed by atoms with Crippen LogP contribution in [0.4, 0.5) is 5.69 Å². The molecule has 0 radical (unpaired) electrons. The third-order valence-electron chi connectivity index (χ3n) is 6.17. The van der Waals surface area contributed by atoms with E-state index in [1.807, 2.05) is 95.6 Å². The van der Waals surface area contributed by atoms with E-state index in [2.05, 4.69) is 22.4 Å². The lowest BCUT2D eigenvalue weighted by Crippen LogP contribution is -2.15. The zero-order valence-electron chi connectivity index (χ0n) is 19.5. The van der Waals surface area contributed by atoms with Crippen LogP contribution in [0.1, 0.15) is 23.6 Å². The van der Waals surface area contributed by atoms with Crippen LogP contribution in [0.25, 0.3) is 22.2 Å². The van der Waals surface area contributed by atoms with Gasteiger partial charge in [0.05, 0.1) is 36.2 Å². The predicted octanol–water partition coefficient (Wildman–Crippen LogP) is 5.95. The van der Waals surface area contributed by atoms with Crippen molar-refractivity contribution in [2.45, 2.75) is 18.9 Å². The number of anilines is 1. The van der Waals surface area contributed by atoms with Crippen LogP contribution in [0.3, 0.4) is 0 Å². The number of hydrogen-bond donors (Lipinski definition) is 2. The molecule has 0 bridgehead atoms. The number of carboxylic acids is 1. The fourth-order valence-electron chi connectivity index (χ4n) is 4.41. The Morgan fingerprint density at radius 1 is 0.833 bits per heavy atom. The molecule has 1 atom stereocenters. The van der Waals surface area contributed by atoms with E-state index in [-0.39, 0.29) is 24.8 Å². The normalized spacial score (nSPS) is 11.8. The summed E-state index contributed by atoms with van der Waals surface area (Å²) in [4.78, 5) is 28.7. The number of benzene rings is 4. The highest BCUT2D eigenvalue weighted by molar-refractivity contribution is 5.94. The first-order chi connectivity index (χ1) is 17.6. The van der Waals surface area contributed by atoms with Gasteiger partial charge in [0.15, 0.2) is 0 Å². The zero-order chi connectivity index (χ0) is 24.9. The van der Waals surface area contributed by atoms with Gasteiger partial charge in [-0.2, -0.15) is 0 Å². The molecule has 0 saturated carbocycles. The molecule has 0 fully saturated rings. The molecule has 0 saturated heterocycles. The van der Waals surface area contributed by atoms with Crippen LogP contribution in [0, 0.1) is 0 Å². The van der Waals surface area contributed by atoms with E-state index < -0.39 is 5.97 Å². The van der Waals surface area contributed by atoms with E-state index in [9.17, 15) is 14.7 Å². The van der Waals surface area contributed by atoms with Crippen molar-refractivity contribution in [3.63, 3.8) is 0 Å². The molecular formula is C30H25N3O3. The molecule has 4 aromatic carbocycles. The molecule has 0 aliphatic carbocycles.